The van der Waals surface area contributed by atoms with E-state index in [2.05, 4.69) is 5.32 Å². The number of nitrogens with one attached hydrogen (secondary N) is 1. The van der Waals surface area contributed by atoms with Crippen molar-refractivity contribution in [2.45, 2.75) is 52.1 Å². The van der Waals surface area contributed by atoms with Crippen molar-refractivity contribution >= 4 is 5.91 Å². The lowest BCUT2D eigenvalue weighted by molar-refractivity contribution is -0.123. The minimum absolute atomic E-state index is 0.127. The Kier molecular flexibility index (Phi) is 4.08. The maximum absolute atomic E-state index is 11.8. The summed E-state index contributed by atoms with van der Waals surface area (Å²) >= 11 is 0. The van der Waals surface area contributed by atoms with Crippen LogP contribution < -0.4 is 5.32 Å². The standard InChI is InChI=1S/C14H25NO2/c1-9(2)13(16)8-15-14(17)7-12-6-10-3-4-11(12)5-10/h9-13,16H,3-8H2,1-2H3,(H,15,17)/t10-,11-,12+,13+/m0/s1. The third-order valence-electron chi connectivity index (χ3n) is 4.61. The third-order valence-corrected chi connectivity index (χ3v) is 4.61. The Balaban J connectivity index is 1.67. The van der Waals surface area contributed by atoms with E-state index in [-0.39, 0.29) is 11.8 Å². The zero-order chi connectivity index (χ0) is 12.4. The molecule has 0 aromatic rings. The molecule has 2 aliphatic rings. The van der Waals surface area contributed by atoms with Gasteiger partial charge >= 0.3 is 0 Å². The summed E-state index contributed by atoms with van der Waals surface area (Å²) < 4.78 is 0. The highest BCUT2D eigenvalue weighted by Gasteiger charge is 2.40. The summed E-state index contributed by atoms with van der Waals surface area (Å²) in [4.78, 5) is 11.8. The van der Waals surface area contributed by atoms with Crippen LogP contribution in [0.25, 0.3) is 0 Å². The summed E-state index contributed by atoms with van der Waals surface area (Å²) in [5.74, 6) is 2.66. The topological polar surface area (TPSA) is 49.3 Å². The summed E-state index contributed by atoms with van der Waals surface area (Å²) in [5.41, 5.74) is 0. The average molecular weight is 239 g/mol. The fourth-order valence-corrected chi connectivity index (χ4v) is 3.39. The maximum Gasteiger partial charge on any atom is 0.220 e. The number of carbonyl (C=O) groups excluding carboxylic acids is 1. The molecule has 2 N–H and O–H groups in total. The van der Waals surface area contributed by atoms with Crippen molar-refractivity contribution in [3.05, 3.63) is 0 Å². The monoisotopic (exact) mass is 239 g/mol. The van der Waals surface area contributed by atoms with Crippen LogP contribution in [0.1, 0.15) is 46.0 Å². The largest absolute Gasteiger partial charge is 0.391 e. The van der Waals surface area contributed by atoms with Gasteiger partial charge in [0.15, 0.2) is 0 Å². The molecule has 17 heavy (non-hydrogen) atoms. The quantitative estimate of drug-likeness (QED) is 0.770. The van der Waals surface area contributed by atoms with Crippen LogP contribution in [0, 0.1) is 23.7 Å². The number of carbonyl (C=O) groups is 1. The summed E-state index contributed by atoms with van der Waals surface area (Å²) in [6.07, 6.45) is 5.58. The Morgan fingerprint density at radius 1 is 1.35 bits per heavy atom. The first-order chi connectivity index (χ1) is 8.06. The van der Waals surface area contributed by atoms with Crippen molar-refractivity contribution < 1.29 is 9.90 Å². The molecule has 2 rings (SSSR count). The first-order valence-corrected chi connectivity index (χ1v) is 7.01. The van der Waals surface area contributed by atoms with Crippen LogP contribution in [-0.4, -0.2) is 23.7 Å². The highest BCUT2D eigenvalue weighted by Crippen LogP contribution is 2.49. The van der Waals surface area contributed by atoms with Gasteiger partial charge in [0.05, 0.1) is 6.10 Å². The predicted molar refractivity (Wildman–Crippen MR) is 67.4 cm³/mol. The van der Waals surface area contributed by atoms with Gasteiger partial charge in [-0.15, -0.1) is 0 Å². The van der Waals surface area contributed by atoms with E-state index in [1.807, 2.05) is 13.8 Å². The smallest absolute Gasteiger partial charge is 0.220 e. The molecular weight excluding hydrogens is 214 g/mol. The first kappa shape index (κ1) is 12.9. The molecule has 98 valence electrons. The molecule has 2 saturated carbocycles. The number of fused-ring (bicyclic) bond motifs is 2. The molecule has 1 amide bonds. The summed E-state index contributed by atoms with van der Waals surface area (Å²) in [6, 6.07) is 0. The molecule has 2 fully saturated rings. The molecule has 2 aliphatic carbocycles. The van der Waals surface area contributed by atoms with E-state index in [0.29, 0.717) is 18.9 Å². The van der Waals surface area contributed by atoms with Gasteiger partial charge in [0.1, 0.15) is 0 Å². The first-order valence-electron chi connectivity index (χ1n) is 7.01. The Morgan fingerprint density at radius 3 is 2.65 bits per heavy atom. The molecule has 2 bridgehead atoms. The third kappa shape index (κ3) is 3.21. The van der Waals surface area contributed by atoms with E-state index in [1.165, 1.54) is 25.7 Å². The number of amides is 1. The predicted octanol–water partition coefficient (Wildman–Crippen LogP) is 1.95. The molecule has 0 aromatic carbocycles. The van der Waals surface area contributed by atoms with Gasteiger partial charge in [-0.25, -0.2) is 0 Å². The molecule has 0 aromatic heterocycles. The molecule has 3 nitrogen and oxygen atoms in total. The molecule has 3 heteroatoms. The lowest BCUT2D eigenvalue weighted by Crippen LogP contribution is -2.36. The van der Waals surface area contributed by atoms with Crippen molar-refractivity contribution in [1.82, 2.24) is 5.32 Å². The van der Waals surface area contributed by atoms with Crippen molar-refractivity contribution in [3.8, 4) is 0 Å². The molecule has 0 saturated heterocycles. The zero-order valence-corrected chi connectivity index (χ0v) is 11.0. The van der Waals surface area contributed by atoms with E-state index in [4.69, 9.17) is 0 Å². The Labute approximate surface area is 104 Å². The van der Waals surface area contributed by atoms with Crippen molar-refractivity contribution in [2.75, 3.05) is 6.54 Å². The number of aliphatic hydroxyl groups excluding tert-OH is 1. The number of hydrogen-bond acceptors (Lipinski definition) is 2. The fourth-order valence-electron chi connectivity index (χ4n) is 3.39. The van der Waals surface area contributed by atoms with Gasteiger partial charge in [0, 0.05) is 13.0 Å². The van der Waals surface area contributed by atoms with E-state index in [9.17, 15) is 9.90 Å². The molecule has 0 spiro atoms. The second kappa shape index (κ2) is 5.38. The van der Waals surface area contributed by atoms with Crippen LogP contribution in [0.2, 0.25) is 0 Å². The second-order valence-electron chi connectivity index (χ2n) is 6.25. The van der Waals surface area contributed by atoms with Gasteiger partial charge in [-0.3, -0.25) is 4.79 Å². The minimum Gasteiger partial charge on any atom is -0.391 e. The minimum atomic E-state index is -0.418. The lowest BCUT2D eigenvalue weighted by Gasteiger charge is -2.21. The van der Waals surface area contributed by atoms with Gasteiger partial charge in [-0.1, -0.05) is 20.3 Å². The maximum atomic E-state index is 11.8. The van der Waals surface area contributed by atoms with Crippen LogP contribution >= 0.6 is 0 Å². The van der Waals surface area contributed by atoms with Crippen LogP contribution in [0.4, 0.5) is 0 Å². The van der Waals surface area contributed by atoms with Crippen molar-refractivity contribution in [3.63, 3.8) is 0 Å². The summed E-state index contributed by atoms with van der Waals surface area (Å²) in [6.45, 7) is 4.33. The van der Waals surface area contributed by atoms with Gasteiger partial charge in [0.2, 0.25) is 5.91 Å². The summed E-state index contributed by atoms with van der Waals surface area (Å²) in [5, 5.41) is 12.5. The highest BCUT2D eigenvalue weighted by molar-refractivity contribution is 5.76. The molecule has 0 unspecified atom stereocenters. The zero-order valence-electron chi connectivity index (χ0n) is 11.0. The normalized spacial score (nSPS) is 33.1. The van der Waals surface area contributed by atoms with E-state index in [1.54, 1.807) is 0 Å². The Bertz CT molecular complexity index is 277. The molecule has 0 heterocycles. The van der Waals surface area contributed by atoms with Crippen LogP contribution in [-0.2, 0) is 4.79 Å². The number of hydrogen-bond donors (Lipinski definition) is 2. The van der Waals surface area contributed by atoms with Crippen LogP contribution in [0.5, 0.6) is 0 Å². The van der Waals surface area contributed by atoms with Gasteiger partial charge < -0.3 is 10.4 Å². The van der Waals surface area contributed by atoms with E-state index >= 15 is 0 Å². The van der Waals surface area contributed by atoms with Crippen LogP contribution in [0.15, 0.2) is 0 Å². The molecule has 0 radical (unpaired) electrons. The highest BCUT2D eigenvalue weighted by atomic mass is 16.3. The SMILES string of the molecule is CC(C)[C@H](O)CNC(=O)C[C@H]1C[C@H]2CC[C@H]1C2. The van der Waals surface area contributed by atoms with Gasteiger partial charge in [-0.05, 0) is 42.9 Å². The second-order valence-corrected chi connectivity index (χ2v) is 6.25. The number of aliphatic hydroxyl groups is 1. The Morgan fingerprint density at radius 2 is 2.12 bits per heavy atom. The van der Waals surface area contributed by atoms with Crippen molar-refractivity contribution in [2.24, 2.45) is 23.7 Å². The average Bonchev–Trinajstić information content (AvgIpc) is 2.87. The van der Waals surface area contributed by atoms with E-state index < -0.39 is 6.10 Å². The molecule has 0 aliphatic heterocycles. The van der Waals surface area contributed by atoms with Gasteiger partial charge in [0.25, 0.3) is 0 Å². The van der Waals surface area contributed by atoms with E-state index in [0.717, 1.165) is 11.8 Å². The Hall–Kier alpha value is -0.570. The lowest BCUT2D eigenvalue weighted by atomic mass is 9.86. The van der Waals surface area contributed by atoms with Crippen LogP contribution in [0.3, 0.4) is 0 Å². The summed E-state index contributed by atoms with van der Waals surface area (Å²) in [7, 11) is 0. The molecule has 4 atom stereocenters. The molecular formula is C14H25NO2. The van der Waals surface area contributed by atoms with Crippen molar-refractivity contribution in [1.29, 1.82) is 0 Å². The fraction of sp³-hybridized carbons (Fsp3) is 0.929. The van der Waals surface area contributed by atoms with Gasteiger partial charge in [-0.2, -0.15) is 0 Å². The number of rotatable bonds is 5.